The predicted octanol–water partition coefficient (Wildman–Crippen LogP) is 1.77. The minimum absolute atomic E-state index is 0.0833. The Labute approximate surface area is 124 Å². The smallest absolute Gasteiger partial charge is 0.330 e. The minimum atomic E-state index is -1.39. The lowest BCUT2D eigenvalue weighted by Crippen LogP contribution is -2.34. The van der Waals surface area contributed by atoms with Gasteiger partial charge in [0.05, 0.1) is 5.02 Å². The van der Waals surface area contributed by atoms with Crippen molar-refractivity contribution >= 4 is 23.5 Å². The van der Waals surface area contributed by atoms with Crippen LogP contribution in [0.3, 0.4) is 0 Å². The van der Waals surface area contributed by atoms with Crippen molar-refractivity contribution in [1.29, 1.82) is 0 Å². The highest BCUT2D eigenvalue weighted by Gasteiger charge is 2.24. The normalized spacial score (nSPS) is 12.0. The zero-order valence-corrected chi connectivity index (χ0v) is 11.6. The van der Waals surface area contributed by atoms with Gasteiger partial charge in [0, 0.05) is 13.2 Å². The van der Waals surface area contributed by atoms with Gasteiger partial charge in [0.1, 0.15) is 11.5 Å². The summed E-state index contributed by atoms with van der Waals surface area (Å²) in [5.74, 6) is -2.69. The molecule has 0 aliphatic rings. The van der Waals surface area contributed by atoms with E-state index < -0.39 is 23.7 Å². The van der Waals surface area contributed by atoms with Gasteiger partial charge < -0.3 is 10.4 Å². The maximum atomic E-state index is 13.4. The van der Waals surface area contributed by atoms with Crippen LogP contribution in [0.4, 0.5) is 4.39 Å². The van der Waals surface area contributed by atoms with Crippen LogP contribution >= 0.6 is 11.6 Å². The molecule has 1 atom stereocenters. The van der Waals surface area contributed by atoms with E-state index in [1.54, 1.807) is 7.05 Å². The van der Waals surface area contributed by atoms with Crippen molar-refractivity contribution in [1.82, 2.24) is 15.1 Å². The number of benzene rings is 1. The van der Waals surface area contributed by atoms with Gasteiger partial charge in [-0.05, 0) is 23.8 Å². The summed E-state index contributed by atoms with van der Waals surface area (Å²) in [5.41, 5.74) is 0.274. The highest BCUT2D eigenvalue weighted by Crippen LogP contribution is 2.21. The van der Waals surface area contributed by atoms with E-state index in [0.29, 0.717) is 0 Å². The second-order valence-electron chi connectivity index (χ2n) is 4.26. The number of rotatable bonds is 4. The fraction of sp³-hybridized carbons (Fsp3) is 0.154. The molecule has 0 aliphatic heterocycles. The molecule has 1 amide bonds. The second-order valence-corrected chi connectivity index (χ2v) is 4.67. The predicted molar refractivity (Wildman–Crippen MR) is 72.5 cm³/mol. The fourth-order valence-corrected chi connectivity index (χ4v) is 1.90. The molecule has 0 aliphatic carbocycles. The topological polar surface area (TPSA) is 84.2 Å². The monoisotopic (exact) mass is 311 g/mol. The van der Waals surface area contributed by atoms with Crippen molar-refractivity contribution < 1.29 is 19.1 Å². The van der Waals surface area contributed by atoms with Crippen LogP contribution in [0, 0.1) is 5.82 Å². The zero-order valence-electron chi connectivity index (χ0n) is 10.9. The summed E-state index contributed by atoms with van der Waals surface area (Å²) in [5, 5.41) is 15.2. The van der Waals surface area contributed by atoms with E-state index in [0.717, 1.165) is 6.07 Å². The Morgan fingerprint density at radius 1 is 1.43 bits per heavy atom. The maximum Gasteiger partial charge on any atom is 0.330 e. The first-order valence-electron chi connectivity index (χ1n) is 5.86. The molecule has 0 bridgehead atoms. The Kier molecular flexibility index (Phi) is 4.23. The van der Waals surface area contributed by atoms with E-state index >= 15 is 0 Å². The van der Waals surface area contributed by atoms with Gasteiger partial charge in [0.2, 0.25) is 0 Å². The summed E-state index contributed by atoms with van der Waals surface area (Å²) in [6.07, 6.45) is 1.41. The Morgan fingerprint density at radius 2 is 2.14 bits per heavy atom. The zero-order chi connectivity index (χ0) is 15.6. The van der Waals surface area contributed by atoms with Crippen molar-refractivity contribution in [2.75, 3.05) is 0 Å². The summed E-state index contributed by atoms with van der Waals surface area (Å²) in [6, 6.07) is 3.60. The van der Waals surface area contributed by atoms with Gasteiger partial charge in [-0.25, -0.2) is 9.18 Å². The lowest BCUT2D eigenvalue weighted by molar-refractivity contribution is -0.139. The van der Waals surface area contributed by atoms with E-state index in [1.807, 2.05) is 0 Å². The van der Waals surface area contributed by atoms with Crippen molar-refractivity contribution in [3.8, 4) is 0 Å². The molecule has 0 unspecified atom stereocenters. The SMILES string of the molecule is Cn1nccc1C(=O)N[C@H](C(=O)O)c1ccc(Cl)c(F)c1. The molecule has 0 saturated carbocycles. The average Bonchev–Trinajstić information content (AvgIpc) is 2.85. The second kappa shape index (κ2) is 5.92. The molecular weight excluding hydrogens is 301 g/mol. The van der Waals surface area contributed by atoms with Crippen LogP contribution < -0.4 is 5.32 Å². The van der Waals surface area contributed by atoms with Crippen LogP contribution in [0.25, 0.3) is 0 Å². The molecule has 1 heterocycles. The summed E-state index contributed by atoms with van der Waals surface area (Å²) in [7, 11) is 1.55. The third-order valence-corrected chi connectivity index (χ3v) is 3.16. The number of aromatic nitrogens is 2. The lowest BCUT2D eigenvalue weighted by atomic mass is 10.1. The number of halogens is 2. The molecule has 0 radical (unpaired) electrons. The number of carbonyl (C=O) groups is 2. The third kappa shape index (κ3) is 3.19. The number of nitrogens with one attached hydrogen (secondary N) is 1. The molecule has 0 fully saturated rings. The first-order chi connectivity index (χ1) is 9.90. The number of aryl methyl sites for hydroxylation is 1. The Hall–Kier alpha value is -2.41. The first-order valence-corrected chi connectivity index (χ1v) is 6.24. The largest absolute Gasteiger partial charge is 0.479 e. The van der Waals surface area contributed by atoms with Crippen LogP contribution in [0.2, 0.25) is 5.02 Å². The summed E-state index contributed by atoms with van der Waals surface area (Å²) >= 11 is 5.55. The number of hydrogen-bond donors (Lipinski definition) is 2. The van der Waals surface area contributed by atoms with Crippen LogP contribution in [-0.2, 0) is 11.8 Å². The van der Waals surface area contributed by atoms with E-state index in [1.165, 1.54) is 29.1 Å². The molecule has 2 N–H and O–H groups in total. The molecule has 110 valence electrons. The van der Waals surface area contributed by atoms with Crippen molar-refractivity contribution in [3.05, 3.63) is 52.6 Å². The molecule has 2 aromatic rings. The van der Waals surface area contributed by atoms with Crippen LogP contribution in [0.5, 0.6) is 0 Å². The van der Waals surface area contributed by atoms with Gasteiger partial charge in [0.15, 0.2) is 6.04 Å². The number of aliphatic carboxylic acids is 1. The summed E-state index contributed by atoms with van der Waals surface area (Å²) < 4.78 is 14.7. The molecule has 21 heavy (non-hydrogen) atoms. The van der Waals surface area contributed by atoms with E-state index in [4.69, 9.17) is 11.6 Å². The van der Waals surface area contributed by atoms with E-state index in [-0.39, 0.29) is 16.3 Å². The summed E-state index contributed by atoms with van der Waals surface area (Å²) in [6.45, 7) is 0. The average molecular weight is 312 g/mol. The molecule has 0 spiro atoms. The van der Waals surface area contributed by atoms with Gasteiger partial charge in [0.25, 0.3) is 5.91 Å². The number of amides is 1. The standard InChI is InChI=1S/C13H11ClFN3O3/c1-18-10(4-5-16-18)12(19)17-11(13(20)21)7-2-3-8(14)9(15)6-7/h2-6,11H,1H3,(H,17,19)(H,20,21)/t11-/m0/s1. The highest BCUT2D eigenvalue weighted by molar-refractivity contribution is 6.30. The lowest BCUT2D eigenvalue weighted by Gasteiger charge is -2.15. The van der Waals surface area contributed by atoms with Crippen LogP contribution in [-0.4, -0.2) is 26.8 Å². The molecule has 6 nitrogen and oxygen atoms in total. The Bertz CT molecular complexity index is 702. The quantitative estimate of drug-likeness (QED) is 0.901. The van der Waals surface area contributed by atoms with Gasteiger partial charge in [-0.2, -0.15) is 5.10 Å². The molecule has 1 aromatic carbocycles. The Morgan fingerprint density at radius 3 is 2.67 bits per heavy atom. The molecular formula is C13H11ClFN3O3. The minimum Gasteiger partial charge on any atom is -0.479 e. The van der Waals surface area contributed by atoms with Gasteiger partial charge >= 0.3 is 5.97 Å². The van der Waals surface area contributed by atoms with Crippen molar-refractivity contribution in [2.45, 2.75) is 6.04 Å². The molecule has 1 aromatic heterocycles. The van der Waals surface area contributed by atoms with E-state index in [2.05, 4.69) is 10.4 Å². The van der Waals surface area contributed by atoms with Gasteiger partial charge in [-0.1, -0.05) is 17.7 Å². The third-order valence-electron chi connectivity index (χ3n) is 2.85. The number of carboxylic acid groups (broad SMARTS) is 1. The maximum absolute atomic E-state index is 13.4. The number of hydrogen-bond acceptors (Lipinski definition) is 3. The van der Waals surface area contributed by atoms with Crippen LogP contribution in [0.1, 0.15) is 22.1 Å². The molecule has 8 heteroatoms. The van der Waals surface area contributed by atoms with Crippen molar-refractivity contribution in [2.24, 2.45) is 7.05 Å². The number of nitrogens with zero attached hydrogens (tertiary/aromatic N) is 2. The summed E-state index contributed by atoms with van der Waals surface area (Å²) in [4.78, 5) is 23.3. The van der Waals surface area contributed by atoms with E-state index in [9.17, 15) is 19.1 Å². The first kappa shape index (κ1) is 15.0. The number of carboxylic acids is 1. The molecule has 0 saturated heterocycles. The highest BCUT2D eigenvalue weighted by atomic mass is 35.5. The fourth-order valence-electron chi connectivity index (χ4n) is 1.78. The number of carbonyl (C=O) groups excluding carboxylic acids is 1. The van der Waals surface area contributed by atoms with Gasteiger partial charge in [-0.3, -0.25) is 9.48 Å². The Balaban J connectivity index is 2.28. The molecule has 2 rings (SSSR count). The van der Waals surface area contributed by atoms with Gasteiger partial charge in [-0.15, -0.1) is 0 Å². The van der Waals surface area contributed by atoms with Crippen LogP contribution in [0.15, 0.2) is 30.5 Å². The van der Waals surface area contributed by atoms with Crippen molar-refractivity contribution in [3.63, 3.8) is 0 Å².